The number of aliphatic hydroxyl groups excluding tert-OH is 1. The summed E-state index contributed by atoms with van der Waals surface area (Å²) < 4.78 is 18.5. The standard InChI is InChI=1S/C15H15ClFNO2/c16-12-5-1-3-7-14(12)18-9-11(19)10-20-15-8-4-2-6-13(15)17/h1-8,11,18-19H,9-10H2. The topological polar surface area (TPSA) is 41.5 Å². The van der Waals surface area contributed by atoms with E-state index < -0.39 is 11.9 Å². The molecule has 2 aromatic carbocycles. The molecule has 1 unspecified atom stereocenters. The molecule has 20 heavy (non-hydrogen) atoms. The van der Waals surface area contributed by atoms with Crippen molar-refractivity contribution in [3.8, 4) is 5.75 Å². The zero-order chi connectivity index (χ0) is 14.4. The average molecular weight is 296 g/mol. The van der Waals surface area contributed by atoms with E-state index in [1.165, 1.54) is 12.1 Å². The molecule has 106 valence electrons. The van der Waals surface area contributed by atoms with Crippen LogP contribution < -0.4 is 10.1 Å². The lowest BCUT2D eigenvalue weighted by Gasteiger charge is -2.15. The highest BCUT2D eigenvalue weighted by Gasteiger charge is 2.08. The summed E-state index contributed by atoms with van der Waals surface area (Å²) in [6, 6.07) is 13.3. The summed E-state index contributed by atoms with van der Waals surface area (Å²) in [4.78, 5) is 0. The van der Waals surface area contributed by atoms with Crippen molar-refractivity contribution in [2.75, 3.05) is 18.5 Å². The fraction of sp³-hybridized carbons (Fsp3) is 0.200. The van der Waals surface area contributed by atoms with Gasteiger partial charge in [-0.1, -0.05) is 35.9 Å². The summed E-state index contributed by atoms with van der Waals surface area (Å²) in [5.41, 5.74) is 0.735. The van der Waals surface area contributed by atoms with Crippen LogP contribution in [0, 0.1) is 5.82 Å². The maximum absolute atomic E-state index is 13.3. The van der Waals surface area contributed by atoms with Gasteiger partial charge in [0.2, 0.25) is 0 Å². The molecule has 0 spiro atoms. The number of aliphatic hydroxyl groups is 1. The van der Waals surface area contributed by atoms with Gasteiger partial charge in [0.1, 0.15) is 12.7 Å². The fourth-order valence-corrected chi connectivity index (χ4v) is 1.84. The van der Waals surface area contributed by atoms with Gasteiger partial charge in [-0.3, -0.25) is 0 Å². The van der Waals surface area contributed by atoms with Gasteiger partial charge in [-0.2, -0.15) is 0 Å². The molecular formula is C15H15ClFNO2. The summed E-state index contributed by atoms with van der Waals surface area (Å²) in [6.07, 6.45) is -0.772. The Hall–Kier alpha value is -1.78. The van der Waals surface area contributed by atoms with Crippen LogP contribution in [0.4, 0.5) is 10.1 Å². The van der Waals surface area contributed by atoms with Crippen molar-refractivity contribution in [1.82, 2.24) is 0 Å². The zero-order valence-electron chi connectivity index (χ0n) is 10.7. The molecule has 2 rings (SSSR count). The van der Waals surface area contributed by atoms with E-state index in [9.17, 15) is 9.50 Å². The molecule has 0 aliphatic heterocycles. The summed E-state index contributed by atoms with van der Waals surface area (Å²) >= 11 is 5.98. The van der Waals surface area contributed by atoms with Crippen molar-refractivity contribution in [1.29, 1.82) is 0 Å². The maximum Gasteiger partial charge on any atom is 0.165 e. The second kappa shape index (κ2) is 7.12. The Morgan fingerprint density at radius 1 is 1.15 bits per heavy atom. The van der Waals surface area contributed by atoms with Crippen LogP contribution in [0.25, 0.3) is 0 Å². The van der Waals surface area contributed by atoms with Crippen LogP contribution in [0.3, 0.4) is 0 Å². The lowest BCUT2D eigenvalue weighted by atomic mass is 10.3. The van der Waals surface area contributed by atoms with Crippen LogP contribution in [0.1, 0.15) is 0 Å². The molecule has 0 aliphatic rings. The zero-order valence-corrected chi connectivity index (χ0v) is 11.5. The van der Waals surface area contributed by atoms with Crippen LogP contribution in [-0.2, 0) is 0 Å². The van der Waals surface area contributed by atoms with Gasteiger partial charge in [0.05, 0.1) is 10.7 Å². The van der Waals surface area contributed by atoms with E-state index >= 15 is 0 Å². The number of para-hydroxylation sites is 2. The van der Waals surface area contributed by atoms with Crippen molar-refractivity contribution < 1.29 is 14.2 Å². The highest BCUT2D eigenvalue weighted by molar-refractivity contribution is 6.33. The van der Waals surface area contributed by atoms with E-state index in [-0.39, 0.29) is 18.9 Å². The molecule has 0 radical (unpaired) electrons. The first kappa shape index (κ1) is 14.6. The van der Waals surface area contributed by atoms with Crippen LogP contribution in [-0.4, -0.2) is 24.4 Å². The Bertz CT molecular complexity index is 516. The minimum absolute atomic E-state index is 0.00160. The third-order valence-electron chi connectivity index (χ3n) is 2.67. The Kier molecular flexibility index (Phi) is 5.21. The number of ether oxygens (including phenoxy) is 1. The largest absolute Gasteiger partial charge is 0.488 e. The number of hydrogen-bond donors (Lipinski definition) is 2. The van der Waals surface area contributed by atoms with Crippen LogP contribution in [0.15, 0.2) is 48.5 Å². The monoisotopic (exact) mass is 295 g/mol. The highest BCUT2D eigenvalue weighted by Crippen LogP contribution is 2.20. The molecular weight excluding hydrogens is 281 g/mol. The normalized spacial score (nSPS) is 11.9. The number of rotatable bonds is 6. The first-order valence-electron chi connectivity index (χ1n) is 6.20. The second-order valence-electron chi connectivity index (χ2n) is 4.26. The molecule has 0 fully saturated rings. The average Bonchev–Trinajstić information content (AvgIpc) is 2.45. The molecule has 2 N–H and O–H groups in total. The van der Waals surface area contributed by atoms with Crippen molar-refractivity contribution in [3.63, 3.8) is 0 Å². The molecule has 0 saturated carbocycles. The molecule has 3 nitrogen and oxygen atoms in total. The summed E-state index contributed by atoms with van der Waals surface area (Å²) in [5, 5.41) is 13.4. The van der Waals surface area contributed by atoms with E-state index in [4.69, 9.17) is 16.3 Å². The van der Waals surface area contributed by atoms with Gasteiger partial charge in [-0.15, -0.1) is 0 Å². The van der Waals surface area contributed by atoms with Gasteiger partial charge in [0.25, 0.3) is 0 Å². The van der Waals surface area contributed by atoms with E-state index in [0.29, 0.717) is 5.02 Å². The Morgan fingerprint density at radius 3 is 2.60 bits per heavy atom. The summed E-state index contributed by atoms with van der Waals surface area (Å²) in [7, 11) is 0. The van der Waals surface area contributed by atoms with Crippen LogP contribution >= 0.6 is 11.6 Å². The highest BCUT2D eigenvalue weighted by atomic mass is 35.5. The minimum atomic E-state index is -0.772. The van der Waals surface area contributed by atoms with Crippen LogP contribution in [0.5, 0.6) is 5.75 Å². The van der Waals surface area contributed by atoms with Gasteiger partial charge >= 0.3 is 0 Å². The third kappa shape index (κ3) is 4.11. The SMILES string of the molecule is OC(CNc1ccccc1Cl)COc1ccccc1F. The first-order chi connectivity index (χ1) is 9.66. The van der Waals surface area contributed by atoms with Gasteiger partial charge in [-0.25, -0.2) is 4.39 Å². The number of nitrogens with one attached hydrogen (secondary N) is 1. The van der Waals surface area contributed by atoms with Crippen molar-refractivity contribution >= 4 is 17.3 Å². The predicted molar refractivity (Wildman–Crippen MR) is 77.8 cm³/mol. The van der Waals surface area contributed by atoms with E-state index in [0.717, 1.165) is 5.69 Å². The number of benzene rings is 2. The maximum atomic E-state index is 13.3. The fourth-order valence-electron chi connectivity index (χ4n) is 1.64. The van der Waals surface area contributed by atoms with Crippen molar-refractivity contribution in [2.45, 2.75) is 6.10 Å². The van der Waals surface area contributed by atoms with E-state index in [1.807, 2.05) is 18.2 Å². The molecule has 0 aliphatic carbocycles. The summed E-state index contributed by atoms with van der Waals surface area (Å²) in [6.45, 7) is 0.260. The second-order valence-corrected chi connectivity index (χ2v) is 4.66. The van der Waals surface area contributed by atoms with E-state index in [2.05, 4.69) is 5.32 Å². The predicted octanol–water partition coefficient (Wildman–Crippen LogP) is 3.33. The summed E-state index contributed by atoms with van der Waals surface area (Å²) in [5.74, 6) is -0.317. The number of hydrogen-bond acceptors (Lipinski definition) is 3. The van der Waals surface area contributed by atoms with Crippen molar-refractivity contribution in [2.24, 2.45) is 0 Å². The Morgan fingerprint density at radius 2 is 1.85 bits per heavy atom. The van der Waals surface area contributed by atoms with Gasteiger partial charge in [-0.05, 0) is 24.3 Å². The lowest BCUT2D eigenvalue weighted by molar-refractivity contribution is 0.115. The minimum Gasteiger partial charge on any atom is -0.488 e. The molecule has 0 saturated heterocycles. The quantitative estimate of drug-likeness (QED) is 0.859. The molecule has 0 bridgehead atoms. The molecule has 0 heterocycles. The molecule has 0 amide bonds. The van der Waals surface area contributed by atoms with Gasteiger partial charge in [0, 0.05) is 6.54 Å². The first-order valence-corrected chi connectivity index (χ1v) is 6.58. The molecule has 0 aromatic heterocycles. The Labute approximate surface area is 122 Å². The molecule has 2 aromatic rings. The van der Waals surface area contributed by atoms with Gasteiger partial charge in [0.15, 0.2) is 11.6 Å². The number of halogens is 2. The molecule has 5 heteroatoms. The van der Waals surface area contributed by atoms with Crippen LogP contribution in [0.2, 0.25) is 5.02 Å². The van der Waals surface area contributed by atoms with Crippen molar-refractivity contribution in [3.05, 3.63) is 59.4 Å². The number of anilines is 1. The Balaban J connectivity index is 1.80. The van der Waals surface area contributed by atoms with Gasteiger partial charge < -0.3 is 15.2 Å². The smallest absolute Gasteiger partial charge is 0.165 e. The third-order valence-corrected chi connectivity index (χ3v) is 3.00. The lowest BCUT2D eigenvalue weighted by Crippen LogP contribution is -2.26. The molecule has 1 atom stereocenters. The van der Waals surface area contributed by atoms with E-state index in [1.54, 1.807) is 18.2 Å².